The second kappa shape index (κ2) is 8.73. The highest BCUT2D eigenvalue weighted by atomic mass is 32.2. The number of ether oxygens (including phenoxy) is 1. The molecule has 0 amide bonds. The lowest BCUT2D eigenvalue weighted by Crippen LogP contribution is -2.41. The molecule has 1 N–H and O–H groups in total. The highest BCUT2D eigenvalue weighted by molar-refractivity contribution is 8.17. The van der Waals surface area contributed by atoms with Gasteiger partial charge in [0.2, 0.25) is 0 Å². The minimum Gasteiger partial charge on any atom is -0.458 e. The Balaban J connectivity index is 1.77. The van der Waals surface area contributed by atoms with Crippen LogP contribution in [0.25, 0.3) is 6.08 Å². The van der Waals surface area contributed by atoms with E-state index in [0.29, 0.717) is 16.4 Å². The van der Waals surface area contributed by atoms with Crippen molar-refractivity contribution in [3.63, 3.8) is 0 Å². The van der Waals surface area contributed by atoms with E-state index >= 15 is 0 Å². The van der Waals surface area contributed by atoms with E-state index in [1.54, 1.807) is 11.8 Å². The Labute approximate surface area is 180 Å². The van der Waals surface area contributed by atoms with Crippen molar-refractivity contribution in [3.8, 4) is 0 Å². The number of allylic oxidation sites excluding steroid dienone is 1. The van der Waals surface area contributed by atoms with E-state index in [1.807, 2.05) is 66.7 Å². The summed E-state index contributed by atoms with van der Waals surface area (Å²) in [6.45, 7) is 5.52. The second-order valence-electron chi connectivity index (χ2n) is 6.93. The molecule has 2 heterocycles. The molecule has 2 aromatic carbocycles. The van der Waals surface area contributed by atoms with Crippen LogP contribution in [0.1, 0.15) is 24.1 Å². The van der Waals surface area contributed by atoms with Gasteiger partial charge in [-0.25, -0.2) is 9.79 Å². The van der Waals surface area contributed by atoms with Crippen molar-refractivity contribution in [1.82, 2.24) is 4.90 Å². The first kappa shape index (κ1) is 20.2. The van der Waals surface area contributed by atoms with Crippen LogP contribution in [-0.4, -0.2) is 34.0 Å². The fourth-order valence-electron chi connectivity index (χ4n) is 3.58. The van der Waals surface area contributed by atoms with Gasteiger partial charge in [-0.1, -0.05) is 85.1 Å². The van der Waals surface area contributed by atoms with Crippen molar-refractivity contribution >= 4 is 29.0 Å². The van der Waals surface area contributed by atoms with Crippen LogP contribution in [-0.2, 0) is 9.53 Å². The lowest BCUT2D eigenvalue weighted by atomic mass is 9.94. The number of carbonyl (C=O) groups is 1. The summed E-state index contributed by atoms with van der Waals surface area (Å²) in [5, 5.41) is 11.9. The highest BCUT2D eigenvalue weighted by Crippen LogP contribution is 2.47. The summed E-state index contributed by atoms with van der Waals surface area (Å²) in [4.78, 5) is 20.1. The van der Waals surface area contributed by atoms with Crippen molar-refractivity contribution < 1.29 is 14.6 Å². The number of carbonyl (C=O) groups excluding carboxylic acids is 1. The van der Waals surface area contributed by atoms with E-state index in [-0.39, 0.29) is 6.61 Å². The molecule has 4 rings (SSSR count). The topological polar surface area (TPSA) is 62.1 Å². The number of nitrogens with zero attached hydrogens (tertiary/aromatic N) is 2. The zero-order valence-electron chi connectivity index (χ0n) is 16.6. The molecule has 2 aromatic rings. The van der Waals surface area contributed by atoms with Gasteiger partial charge in [-0.3, -0.25) is 0 Å². The number of hydrogen-bond acceptors (Lipinski definition) is 6. The van der Waals surface area contributed by atoms with E-state index in [0.717, 1.165) is 16.0 Å². The van der Waals surface area contributed by atoms with Gasteiger partial charge in [0.15, 0.2) is 11.4 Å². The second-order valence-corrected chi connectivity index (χ2v) is 7.97. The van der Waals surface area contributed by atoms with Crippen molar-refractivity contribution in [1.29, 1.82) is 0 Å². The van der Waals surface area contributed by atoms with Crippen LogP contribution >= 0.6 is 11.8 Å². The fraction of sp³-hybridized carbons (Fsp3) is 0.167. The molecule has 1 saturated heterocycles. The lowest BCUT2D eigenvalue weighted by molar-refractivity contribution is -0.138. The summed E-state index contributed by atoms with van der Waals surface area (Å²) in [6.07, 6.45) is 2.56. The van der Waals surface area contributed by atoms with Crippen LogP contribution in [0.15, 0.2) is 94.5 Å². The van der Waals surface area contributed by atoms with E-state index in [2.05, 4.69) is 11.6 Å². The maximum atomic E-state index is 12.9. The molecular formula is C24H22N2O3S. The van der Waals surface area contributed by atoms with Crippen LogP contribution in [0.4, 0.5) is 0 Å². The average Bonchev–Trinajstić information content (AvgIpc) is 3.07. The summed E-state index contributed by atoms with van der Waals surface area (Å²) in [7, 11) is 0. The van der Waals surface area contributed by atoms with Gasteiger partial charge in [-0.15, -0.1) is 0 Å². The molecule has 0 spiro atoms. The van der Waals surface area contributed by atoms with Gasteiger partial charge in [-0.2, -0.15) is 0 Å². The minimum atomic E-state index is -0.922. The third-order valence-electron chi connectivity index (χ3n) is 4.93. The van der Waals surface area contributed by atoms with Crippen molar-refractivity contribution in [3.05, 3.63) is 101 Å². The van der Waals surface area contributed by atoms with E-state index in [1.165, 1.54) is 17.8 Å². The van der Waals surface area contributed by atoms with Gasteiger partial charge in [0, 0.05) is 4.91 Å². The standard InChI is InChI=1S/C24H22N2O3S/c1-3-14-29-23(28)20-16(2)25-24-26(21(20)18-12-8-5-9-13-18)22(27)19(30-24)15-17-10-6-4-7-11-17/h3-13,15,21-22,27H,1,14H2,2H3/b19-15+. The number of hydrogen-bond donors (Lipinski definition) is 1. The van der Waals surface area contributed by atoms with Crippen LogP contribution < -0.4 is 0 Å². The maximum Gasteiger partial charge on any atom is 0.338 e. The third-order valence-corrected chi connectivity index (χ3v) is 5.98. The molecule has 2 aliphatic heterocycles. The molecule has 6 heteroatoms. The molecule has 2 aliphatic rings. The summed E-state index contributed by atoms with van der Waals surface area (Å²) >= 11 is 1.42. The number of esters is 1. The molecule has 30 heavy (non-hydrogen) atoms. The predicted molar refractivity (Wildman–Crippen MR) is 120 cm³/mol. The Bertz CT molecular complexity index is 1040. The number of aliphatic imine (C=N–C) groups is 1. The van der Waals surface area contributed by atoms with Gasteiger partial charge >= 0.3 is 5.97 Å². The zero-order valence-corrected chi connectivity index (χ0v) is 17.4. The van der Waals surface area contributed by atoms with E-state index in [9.17, 15) is 9.90 Å². The molecule has 0 bridgehead atoms. The summed E-state index contributed by atoms with van der Waals surface area (Å²) < 4.78 is 5.35. The zero-order chi connectivity index (χ0) is 21.1. The van der Waals surface area contributed by atoms with Crippen LogP contribution in [0.5, 0.6) is 0 Å². The lowest BCUT2D eigenvalue weighted by Gasteiger charge is -2.36. The normalized spacial score (nSPS) is 22.0. The molecular weight excluding hydrogens is 396 g/mol. The maximum absolute atomic E-state index is 12.9. The number of rotatable bonds is 5. The number of benzene rings is 2. The SMILES string of the molecule is C=CCOC(=O)C1=C(C)N=C2S/C(=C/c3ccccc3)C(O)N2C1c1ccccc1. The Hall–Kier alpha value is -3.09. The quantitative estimate of drug-likeness (QED) is 0.572. The number of aliphatic hydroxyl groups excluding tert-OH is 1. The van der Waals surface area contributed by atoms with Gasteiger partial charge in [0.25, 0.3) is 0 Å². The van der Waals surface area contributed by atoms with Crippen LogP contribution in [0.3, 0.4) is 0 Å². The molecule has 2 unspecified atom stereocenters. The Kier molecular flexibility index (Phi) is 5.88. The molecule has 152 valence electrons. The molecule has 0 aliphatic carbocycles. The van der Waals surface area contributed by atoms with Crippen molar-refractivity contribution in [2.24, 2.45) is 4.99 Å². The average molecular weight is 419 g/mol. The van der Waals surface area contributed by atoms with Crippen molar-refractivity contribution in [2.75, 3.05) is 6.61 Å². The van der Waals surface area contributed by atoms with Gasteiger partial charge < -0.3 is 14.7 Å². The molecule has 1 fully saturated rings. The first-order valence-electron chi connectivity index (χ1n) is 9.63. The van der Waals surface area contributed by atoms with E-state index in [4.69, 9.17) is 4.74 Å². The summed E-state index contributed by atoms with van der Waals surface area (Å²) in [5.74, 6) is -0.457. The number of amidine groups is 1. The largest absolute Gasteiger partial charge is 0.458 e. The third kappa shape index (κ3) is 3.84. The smallest absolute Gasteiger partial charge is 0.338 e. The Morgan fingerprint density at radius 2 is 1.87 bits per heavy atom. The fourth-order valence-corrected chi connectivity index (χ4v) is 4.70. The molecule has 2 atom stereocenters. The van der Waals surface area contributed by atoms with Crippen LogP contribution in [0.2, 0.25) is 0 Å². The van der Waals surface area contributed by atoms with Crippen molar-refractivity contribution in [2.45, 2.75) is 19.2 Å². The number of aliphatic hydroxyl groups is 1. The van der Waals surface area contributed by atoms with Gasteiger partial charge in [-0.05, 0) is 24.1 Å². The van der Waals surface area contributed by atoms with Gasteiger partial charge in [0.1, 0.15) is 6.61 Å². The minimum absolute atomic E-state index is 0.115. The molecule has 5 nitrogen and oxygen atoms in total. The highest BCUT2D eigenvalue weighted by Gasteiger charge is 2.45. The monoisotopic (exact) mass is 418 g/mol. The molecule has 0 radical (unpaired) electrons. The number of thioether (sulfide) groups is 1. The molecule has 0 aromatic heterocycles. The first-order chi connectivity index (χ1) is 14.6. The predicted octanol–water partition coefficient (Wildman–Crippen LogP) is 4.51. The summed E-state index contributed by atoms with van der Waals surface area (Å²) in [6, 6.07) is 19.0. The Morgan fingerprint density at radius 3 is 2.53 bits per heavy atom. The van der Waals surface area contributed by atoms with Gasteiger partial charge in [0.05, 0.1) is 17.3 Å². The number of fused-ring (bicyclic) bond motifs is 1. The summed E-state index contributed by atoms with van der Waals surface area (Å²) in [5.41, 5.74) is 2.89. The first-order valence-corrected chi connectivity index (χ1v) is 10.4. The van der Waals surface area contributed by atoms with Crippen LogP contribution in [0, 0.1) is 0 Å². The Morgan fingerprint density at radius 1 is 1.20 bits per heavy atom. The van der Waals surface area contributed by atoms with E-state index < -0.39 is 18.2 Å². The molecule has 0 saturated carbocycles.